The average Bonchev–Trinajstić information content (AvgIpc) is 3.16. The molecular weight excluding hydrogens is 432 g/mol. The summed E-state index contributed by atoms with van der Waals surface area (Å²) in [5.74, 6) is 0.513. The van der Waals surface area contributed by atoms with Crippen molar-refractivity contribution in [1.29, 1.82) is 5.26 Å². The van der Waals surface area contributed by atoms with E-state index < -0.39 is 5.91 Å². The van der Waals surface area contributed by atoms with E-state index in [0.29, 0.717) is 12.3 Å². The Bertz CT molecular complexity index is 1360. The predicted molar refractivity (Wildman–Crippen MR) is 140 cm³/mol. The van der Waals surface area contributed by atoms with Crippen molar-refractivity contribution in [1.82, 2.24) is 0 Å². The van der Waals surface area contributed by atoms with Crippen LogP contribution >= 0.6 is 0 Å². The lowest BCUT2D eigenvalue weighted by molar-refractivity contribution is -0.112. The highest BCUT2D eigenvalue weighted by molar-refractivity contribution is 6.07. The molecule has 1 amide bonds. The van der Waals surface area contributed by atoms with E-state index in [4.69, 9.17) is 4.74 Å². The number of nitriles is 1. The summed E-state index contributed by atoms with van der Waals surface area (Å²) in [7, 11) is 0. The zero-order valence-corrected chi connectivity index (χ0v) is 20.2. The van der Waals surface area contributed by atoms with Crippen molar-refractivity contribution < 1.29 is 9.53 Å². The van der Waals surface area contributed by atoms with Crippen molar-refractivity contribution >= 4 is 11.6 Å². The number of carbonyl (C=O) groups is 1. The van der Waals surface area contributed by atoms with Crippen molar-refractivity contribution in [3.8, 4) is 11.8 Å². The van der Waals surface area contributed by atoms with Crippen LogP contribution < -0.4 is 10.1 Å². The molecule has 0 saturated carbocycles. The minimum atomic E-state index is -0.406. The maximum absolute atomic E-state index is 12.8. The third-order valence-corrected chi connectivity index (χ3v) is 6.25. The van der Waals surface area contributed by atoms with Crippen LogP contribution in [0.3, 0.4) is 0 Å². The number of hydrogen-bond acceptors (Lipinski definition) is 3. The zero-order valence-electron chi connectivity index (χ0n) is 20.2. The summed E-state index contributed by atoms with van der Waals surface area (Å²) in [6.45, 7) is 6.58. The van der Waals surface area contributed by atoms with Crippen molar-refractivity contribution in [3.05, 3.63) is 130 Å². The molecule has 1 aliphatic carbocycles. The number of benzene rings is 3. The first-order valence-electron chi connectivity index (χ1n) is 11.6. The molecule has 0 aromatic heterocycles. The smallest absolute Gasteiger partial charge is 0.266 e. The van der Waals surface area contributed by atoms with Gasteiger partial charge in [0.2, 0.25) is 0 Å². The number of carbonyl (C=O) groups excluding carboxylic acids is 1. The number of nitrogens with one attached hydrogen (secondary N) is 1. The summed E-state index contributed by atoms with van der Waals surface area (Å²) in [5, 5.41) is 12.5. The van der Waals surface area contributed by atoms with E-state index in [2.05, 4.69) is 43.4 Å². The van der Waals surface area contributed by atoms with Gasteiger partial charge in [-0.05, 0) is 67.3 Å². The van der Waals surface area contributed by atoms with Crippen LogP contribution in [0.15, 0.2) is 113 Å². The van der Waals surface area contributed by atoms with Gasteiger partial charge in [-0.25, -0.2) is 0 Å². The van der Waals surface area contributed by atoms with E-state index in [1.807, 2.05) is 73.7 Å². The topological polar surface area (TPSA) is 62.1 Å². The molecule has 4 nitrogen and oxygen atoms in total. The Labute approximate surface area is 206 Å². The van der Waals surface area contributed by atoms with Gasteiger partial charge in [0.15, 0.2) is 0 Å². The fraction of sp³-hybridized carbons (Fsp3) is 0.161. The minimum Gasteiger partial charge on any atom is -0.489 e. The second kappa shape index (κ2) is 10.7. The van der Waals surface area contributed by atoms with E-state index in [9.17, 15) is 10.1 Å². The molecule has 1 N–H and O–H groups in total. The largest absolute Gasteiger partial charge is 0.489 e. The number of rotatable bonds is 7. The van der Waals surface area contributed by atoms with Gasteiger partial charge >= 0.3 is 0 Å². The molecule has 0 spiro atoms. The number of para-hydroxylation sites is 1. The first kappa shape index (κ1) is 23.8. The van der Waals surface area contributed by atoms with Gasteiger partial charge in [-0.15, -0.1) is 0 Å². The summed E-state index contributed by atoms with van der Waals surface area (Å²) in [6, 6.07) is 27.8. The maximum atomic E-state index is 12.8. The van der Waals surface area contributed by atoms with Crippen LogP contribution in [-0.4, -0.2) is 5.91 Å². The number of hydrogen-bond donors (Lipinski definition) is 1. The van der Waals surface area contributed by atoms with E-state index >= 15 is 0 Å². The van der Waals surface area contributed by atoms with Gasteiger partial charge in [0.1, 0.15) is 24.0 Å². The van der Waals surface area contributed by atoms with Crippen LogP contribution in [0.5, 0.6) is 5.75 Å². The number of ether oxygens (including phenoxy) is 1. The molecule has 3 aromatic carbocycles. The van der Waals surface area contributed by atoms with Crippen LogP contribution in [-0.2, 0) is 11.4 Å². The molecule has 0 bridgehead atoms. The Morgan fingerprint density at radius 1 is 0.971 bits per heavy atom. The van der Waals surface area contributed by atoms with E-state index in [1.54, 1.807) is 6.08 Å². The molecule has 0 aliphatic heterocycles. The van der Waals surface area contributed by atoms with Crippen molar-refractivity contribution in [3.63, 3.8) is 0 Å². The van der Waals surface area contributed by atoms with Gasteiger partial charge in [-0.1, -0.05) is 77.9 Å². The van der Waals surface area contributed by atoms with Crippen molar-refractivity contribution in [2.75, 3.05) is 5.32 Å². The van der Waals surface area contributed by atoms with Crippen molar-refractivity contribution in [2.24, 2.45) is 0 Å². The lowest BCUT2D eigenvalue weighted by Crippen LogP contribution is -2.14. The molecule has 1 aliphatic rings. The third kappa shape index (κ3) is 5.59. The predicted octanol–water partition coefficient (Wildman–Crippen LogP) is 7.02. The summed E-state index contributed by atoms with van der Waals surface area (Å²) in [6.07, 6.45) is 3.74. The fourth-order valence-electron chi connectivity index (χ4n) is 4.32. The SMILES string of the molecule is CC1=CC(/C=C(/C#N)C(=O)Nc2ccccc2C)=C(C)[C@@H]1c1ccc(OCc2ccccc2)cc1. The van der Waals surface area contributed by atoms with Crippen LogP contribution in [0.2, 0.25) is 0 Å². The van der Waals surface area contributed by atoms with E-state index in [-0.39, 0.29) is 11.5 Å². The molecule has 0 unspecified atom stereocenters. The Hall–Kier alpha value is -4.36. The number of allylic oxidation sites excluding steroid dienone is 5. The molecular formula is C31H28N2O2. The molecule has 3 aromatic rings. The van der Waals surface area contributed by atoms with Gasteiger partial charge in [0.25, 0.3) is 5.91 Å². The Morgan fingerprint density at radius 3 is 2.34 bits per heavy atom. The van der Waals surface area contributed by atoms with Gasteiger partial charge in [-0.3, -0.25) is 4.79 Å². The summed E-state index contributed by atoms with van der Waals surface area (Å²) < 4.78 is 5.92. The third-order valence-electron chi connectivity index (χ3n) is 6.25. The molecule has 4 rings (SSSR count). The van der Waals surface area contributed by atoms with Crippen LogP contribution in [0.1, 0.15) is 36.5 Å². The Balaban J connectivity index is 1.50. The summed E-state index contributed by atoms with van der Waals surface area (Å²) >= 11 is 0. The Kier molecular flexibility index (Phi) is 7.28. The van der Waals surface area contributed by atoms with Crippen LogP contribution in [0.25, 0.3) is 0 Å². The zero-order chi connectivity index (χ0) is 24.8. The van der Waals surface area contributed by atoms with E-state index in [0.717, 1.165) is 33.6 Å². The number of anilines is 1. The van der Waals surface area contributed by atoms with Gasteiger partial charge in [0.05, 0.1) is 0 Å². The standard InChI is InChI=1S/C31H28N2O2/c1-21-9-7-8-12-29(21)33-31(34)27(19-32)18-26-17-22(2)30(23(26)3)25-13-15-28(16-14-25)35-20-24-10-5-4-6-11-24/h4-18,30H,20H2,1-3H3,(H,33,34)/b27-18-/t30-/m1/s1. The second-order valence-corrected chi connectivity index (χ2v) is 8.74. The number of aryl methyl sites for hydroxylation is 1. The molecule has 174 valence electrons. The number of amides is 1. The summed E-state index contributed by atoms with van der Waals surface area (Å²) in [4.78, 5) is 12.8. The molecule has 1 atom stereocenters. The first-order chi connectivity index (χ1) is 17.0. The molecule has 0 radical (unpaired) electrons. The van der Waals surface area contributed by atoms with Crippen molar-refractivity contribution in [2.45, 2.75) is 33.3 Å². The van der Waals surface area contributed by atoms with Gasteiger partial charge < -0.3 is 10.1 Å². The second-order valence-electron chi connectivity index (χ2n) is 8.74. The lowest BCUT2D eigenvalue weighted by Gasteiger charge is -2.16. The number of nitrogens with zero attached hydrogens (tertiary/aromatic N) is 1. The highest BCUT2D eigenvalue weighted by atomic mass is 16.5. The highest BCUT2D eigenvalue weighted by Crippen LogP contribution is 2.40. The Morgan fingerprint density at radius 2 is 1.66 bits per heavy atom. The highest BCUT2D eigenvalue weighted by Gasteiger charge is 2.24. The molecule has 0 saturated heterocycles. The quantitative estimate of drug-likeness (QED) is 0.304. The monoisotopic (exact) mass is 460 g/mol. The first-order valence-corrected chi connectivity index (χ1v) is 11.6. The molecule has 0 fully saturated rings. The normalized spacial score (nSPS) is 15.4. The average molecular weight is 461 g/mol. The van der Waals surface area contributed by atoms with Crippen LogP contribution in [0.4, 0.5) is 5.69 Å². The lowest BCUT2D eigenvalue weighted by atomic mass is 9.89. The molecule has 35 heavy (non-hydrogen) atoms. The van der Waals surface area contributed by atoms with E-state index in [1.165, 1.54) is 5.57 Å². The van der Waals surface area contributed by atoms with Gasteiger partial charge in [-0.2, -0.15) is 5.26 Å². The summed E-state index contributed by atoms with van der Waals surface area (Å²) in [5.41, 5.74) is 7.18. The molecule has 0 heterocycles. The van der Waals surface area contributed by atoms with Gasteiger partial charge in [0, 0.05) is 11.6 Å². The maximum Gasteiger partial charge on any atom is 0.266 e. The fourth-order valence-corrected chi connectivity index (χ4v) is 4.32. The minimum absolute atomic E-state index is 0.0805. The van der Waals surface area contributed by atoms with Crippen LogP contribution in [0, 0.1) is 18.3 Å². The molecule has 4 heteroatoms.